The molecule has 2 aromatic rings. The Morgan fingerprint density at radius 3 is 3.00 bits per heavy atom. The molecule has 0 saturated carbocycles. The number of fused-ring (bicyclic) bond motifs is 1. The molecular formula is C17H19N3S. The van der Waals surface area contributed by atoms with Gasteiger partial charge in [-0.05, 0) is 67.2 Å². The Balaban J connectivity index is 1.68. The lowest BCUT2D eigenvalue weighted by atomic mass is 9.88. The molecule has 0 fully saturated rings. The summed E-state index contributed by atoms with van der Waals surface area (Å²) in [6.45, 7) is 2.04. The standard InChI is InChI=1S/C17H19N3S/c1-12-9-10-18-16(11-12)20-17(21)19-15-8-4-6-13-5-2-3-7-14(13)15/h2-3,5,7,9-11,15H,4,6,8H2,1H3,(H2,18,19,20,21)/t15-/m0/s1. The zero-order valence-corrected chi connectivity index (χ0v) is 12.9. The van der Waals surface area contributed by atoms with Crippen LogP contribution in [-0.2, 0) is 6.42 Å². The number of benzene rings is 1. The fourth-order valence-corrected chi connectivity index (χ4v) is 3.07. The second-order valence-corrected chi connectivity index (χ2v) is 5.87. The summed E-state index contributed by atoms with van der Waals surface area (Å²) in [4.78, 5) is 4.28. The third kappa shape index (κ3) is 3.39. The van der Waals surface area contributed by atoms with Crippen molar-refractivity contribution >= 4 is 23.1 Å². The number of nitrogens with zero attached hydrogens (tertiary/aromatic N) is 1. The molecule has 3 nitrogen and oxygen atoms in total. The van der Waals surface area contributed by atoms with Crippen molar-refractivity contribution in [1.29, 1.82) is 0 Å². The monoisotopic (exact) mass is 297 g/mol. The Labute approximate surface area is 130 Å². The first kappa shape index (κ1) is 14.0. The predicted molar refractivity (Wildman–Crippen MR) is 90.5 cm³/mol. The molecule has 1 aromatic carbocycles. The molecule has 1 aromatic heterocycles. The topological polar surface area (TPSA) is 37.0 Å². The maximum atomic E-state index is 5.43. The highest BCUT2D eigenvalue weighted by atomic mass is 32.1. The summed E-state index contributed by atoms with van der Waals surface area (Å²) in [5.41, 5.74) is 3.96. The van der Waals surface area contributed by atoms with Crippen LogP contribution < -0.4 is 10.6 Å². The highest BCUT2D eigenvalue weighted by molar-refractivity contribution is 7.80. The number of pyridine rings is 1. The van der Waals surface area contributed by atoms with Gasteiger partial charge in [0, 0.05) is 6.20 Å². The van der Waals surface area contributed by atoms with Crippen molar-refractivity contribution in [1.82, 2.24) is 10.3 Å². The van der Waals surface area contributed by atoms with Crippen molar-refractivity contribution < 1.29 is 0 Å². The molecule has 0 unspecified atom stereocenters. The van der Waals surface area contributed by atoms with Crippen molar-refractivity contribution in [3.63, 3.8) is 0 Å². The lowest BCUT2D eigenvalue weighted by Crippen LogP contribution is -2.34. The van der Waals surface area contributed by atoms with Crippen LogP contribution in [0.1, 0.15) is 35.6 Å². The van der Waals surface area contributed by atoms with Crippen LogP contribution in [0.4, 0.5) is 5.82 Å². The molecule has 0 bridgehead atoms. The Hall–Kier alpha value is -1.94. The van der Waals surface area contributed by atoms with E-state index in [4.69, 9.17) is 12.2 Å². The average Bonchev–Trinajstić information content (AvgIpc) is 2.47. The Morgan fingerprint density at radius 2 is 2.14 bits per heavy atom. The summed E-state index contributed by atoms with van der Waals surface area (Å²) in [5.74, 6) is 0.789. The number of aryl methyl sites for hydroxylation is 2. The summed E-state index contributed by atoms with van der Waals surface area (Å²) in [5, 5.41) is 7.23. The van der Waals surface area contributed by atoms with Crippen LogP contribution in [0, 0.1) is 6.92 Å². The SMILES string of the molecule is Cc1ccnc(NC(=S)N[C@H]2CCCc3ccccc32)c1. The van der Waals surface area contributed by atoms with Crippen molar-refractivity contribution in [3.05, 3.63) is 59.3 Å². The molecule has 21 heavy (non-hydrogen) atoms. The Morgan fingerprint density at radius 1 is 1.29 bits per heavy atom. The van der Waals surface area contributed by atoms with E-state index >= 15 is 0 Å². The minimum Gasteiger partial charge on any atom is -0.356 e. The molecule has 0 radical (unpaired) electrons. The van der Waals surface area contributed by atoms with Crippen molar-refractivity contribution in [2.45, 2.75) is 32.2 Å². The molecule has 1 heterocycles. The van der Waals surface area contributed by atoms with Gasteiger partial charge < -0.3 is 10.6 Å². The molecule has 1 aliphatic carbocycles. The van der Waals surface area contributed by atoms with Gasteiger partial charge in [0.15, 0.2) is 5.11 Å². The second kappa shape index (κ2) is 6.22. The fraction of sp³-hybridized carbons (Fsp3) is 0.294. The largest absolute Gasteiger partial charge is 0.356 e. The molecule has 0 amide bonds. The number of anilines is 1. The molecule has 0 aliphatic heterocycles. The van der Waals surface area contributed by atoms with E-state index in [0.717, 1.165) is 18.7 Å². The minimum atomic E-state index is 0.291. The number of hydrogen-bond donors (Lipinski definition) is 2. The Bertz CT molecular complexity index is 654. The van der Waals surface area contributed by atoms with Crippen LogP contribution in [0.25, 0.3) is 0 Å². The van der Waals surface area contributed by atoms with Gasteiger partial charge in [-0.25, -0.2) is 4.98 Å². The molecule has 2 N–H and O–H groups in total. The van der Waals surface area contributed by atoms with Crippen LogP contribution in [0.5, 0.6) is 0 Å². The maximum Gasteiger partial charge on any atom is 0.172 e. The molecule has 1 atom stereocenters. The predicted octanol–water partition coefficient (Wildman–Crippen LogP) is 3.75. The number of rotatable bonds is 2. The highest BCUT2D eigenvalue weighted by Gasteiger charge is 2.20. The minimum absolute atomic E-state index is 0.291. The molecule has 3 rings (SSSR count). The number of aromatic nitrogens is 1. The lowest BCUT2D eigenvalue weighted by molar-refractivity contribution is 0.529. The fourth-order valence-electron chi connectivity index (χ4n) is 2.82. The van der Waals surface area contributed by atoms with E-state index in [-0.39, 0.29) is 0 Å². The quantitative estimate of drug-likeness (QED) is 0.828. The van der Waals surface area contributed by atoms with E-state index in [2.05, 4.69) is 39.9 Å². The molecule has 0 saturated heterocycles. The smallest absolute Gasteiger partial charge is 0.172 e. The van der Waals surface area contributed by atoms with Gasteiger partial charge in [-0.15, -0.1) is 0 Å². The van der Waals surface area contributed by atoms with E-state index in [1.807, 2.05) is 19.1 Å². The van der Waals surface area contributed by atoms with Gasteiger partial charge in [-0.1, -0.05) is 24.3 Å². The van der Waals surface area contributed by atoms with Crippen LogP contribution in [-0.4, -0.2) is 10.1 Å². The molecule has 108 valence electrons. The average molecular weight is 297 g/mol. The first-order chi connectivity index (χ1) is 10.2. The van der Waals surface area contributed by atoms with Crippen LogP contribution in [0.2, 0.25) is 0 Å². The Kier molecular flexibility index (Phi) is 4.15. The van der Waals surface area contributed by atoms with Crippen molar-refractivity contribution in [2.24, 2.45) is 0 Å². The lowest BCUT2D eigenvalue weighted by Gasteiger charge is -2.27. The first-order valence-electron chi connectivity index (χ1n) is 7.30. The van der Waals surface area contributed by atoms with E-state index in [0.29, 0.717) is 11.2 Å². The second-order valence-electron chi connectivity index (χ2n) is 5.46. The van der Waals surface area contributed by atoms with Gasteiger partial charge in [-0.2, -0.15) is 0 Å². The van der Waals surface area contributed by atoms with Gasteiger partial charge in [0.1, 0.15) is 5.82 Å². The number of hydrogen-bond acceptors (Lipinski definition) is 2. The van der Waals surface area contributed by atoms with E-state index in [9.17, 15) is 0 Å². The van der Waals surface area contributed by atoms with Gasteiger partial charge in [0.2, 0.25) is 0 Å². The van der Waals surface area contributed by atoms with E-state index in [1.165, 1.54) is 23.1 Å². The molecular weight excluding hydrogens is 278 g/mol. The van der Waals surface area contributed by atoms with Crippen LogP contribution >= 0.6 is 12.2 Å². The normalized spacial score (nSPS) is 16.9. The van der Waals surface area contributed by atoms with Crippen molar-refractivity contribution in [3.8, 4) is 0 Å². The van der Waals surface area contributed by atoms with Gasteiger partial charge in [0.25, 0.3) is 0 Å². The zero-order chi connectivity index (χ0) is 14.7. The zero-order valence-electron chi connectivity index (χ0n) is 12.1. The molecule has 1 aliphatic rings. The number of thiocarbonyl (C=S) groups is 1. The number of nitrogens with one attached hydrogen (secondary N) is 2. The summed E-state index contributed by atoms with van der Waals surface area (Å²) in [6.07, 6.45) is 5.25. The first-order valence-corrected chi connectivity index (χ1v) is 7.71. The summed E-state index contributed by atoms with van der Waals surface area (Å²) < 4.78 is 0. The third-order valence-electron chi connectivity index (χ3n) is 3.83. The molecule has 4 heteroatoms. The third-order valence-corrected chi connectivity index (χ3v) is 4.05. The van der Waals surface area contributed by atoms with Gasteiger partial charge >= 0.3 is 0 Å². The van der Waals surface area contributed by atoms with Gasteiger partial charge in [-0.3, -0.25) is 0 Å². The van der Waals surface area contributed by atoms with Gasteiger partial charge in [0.05, 0.1) is 6.04 Å². The van der Waals surface area contributed by atoms with E-state index in [1.54, 1.807) is 6.20 Å². The van der Waals surface area contributed by atoms with Crippen LogP contribution in [0.3, 0.4) is 0 Å². The van der Waals surface area contributed by atoms with Crippen LogP contribution in [0.15, 0.2) is 42.6 Å². The molecule has 0 spiro atoms. The highest BCUT2D eigenvalue weighted by Crippen LogP contribution is 2.29. The summed E-state index contributed by atoms with van der Waals surface area (Å²) in [6, 6.07) is 12.9. The maximum absolute atomic E-state index is 5.43. The van der Waals surface area contributed by atoms with Crippen molar-refractivity contribution in [2.75, 3.05) is 5.32 Å². The summed E-state index contributed by atoms with van der Waals surface area (Å²) >= 11 is 5.43. The van der Waals surface area contributed by atoms with E-state index < -0.39 is 0 Å². The summed E-state index contributed by atoms with van der Waals surface area (Å²) in [7, 11) is 0.